The van der Waals surface area contributed by atoms with E-state index in [-0.39, 0.29) is 10.0 Å². The third-order valence-corrected chi connectivity index (χ3v) is 3.42. The van der Waals surface area contributed by atoms with Crippen LogP contribution in [0.1, 0.15) is 17.0 Å². The van der Waals surface area contributed by atoms with Crippen LogP contribution in [0.25, 0.3) is 5.69 Å². The molecule has 1 nitrogen and oxygen atoms in total. The zero-order chi connectivity index (χ0) is 14.4. The molecular formula is C13H10Cl2F3N. The monoisotopic (exact) mass is 307 g/mol. The summed E-state index contributed by atoms with van der Waals surface area (Å²) in [6.07, 6.45) is -4.47. The predicted octanol–water partition coefficient (Wildman–Crippen LogP) is 5.42. The number of aromatic nitrogens is 1. The van der Waals surface area contributed by atoms with Crippen LogP contribution in [0.3, 0.4) is 0 Å². The van der Waals surface area contributed by atoms with E-state index in [0.29, 0.717) is 5.69 Å². The van der Waals surface area contributed by atoms with E-state index in [4.69, 9.17) is 23.2 Å². The summed E-state index contributed by atoms with van der Waals surface area (Å²) in [7, 11) is 0. The molecule has 0 radical (unpaired) electrons. The Morgan fingerprint density at radius 2 is 1.37 bits per heavy atom. The van der Waals surface area contributed by atoms with Crippen molar-refractivity contribution in [3.8, 4) is 5.69 Å². The maximum absolute atomic E-state index is 12.7. The van der Waals surface area contributed by atoms with E-state index in [1.54, 1.807) is 4.57 Å². The van der Waals surface area contributed by atoms with Gasteiger partial charge in [0.15, 0.2) is 0 Å². The number of halogens is 5. The third-order valence-electron chi connectivity index (χ3n) is 2.84. The smallest absolute Gasteiger partial charge is 0.316 e. The molecule has 0 aliphatic heterocycles. The van der Waals surface area contributed by atoms with Gasteiger partial charge in [0, 0.05) is 11.4 Å². The molecule has 1 aromatic heterocycles. The number of nitrogens with zero attached hydrogens (tertiary/aromatic N) is 1. The van der Waals surface area contributed by atoms with Crippen LogP contribution in [0.5, 0.6) is 0 Å². The second-order valence-corrected chi connectivity index (χ2v) is 5.05. The van der Waals surface area contributed by atoms with E-state index in [1.807, 2.05) is 26.0 Å². The number of hydrogen-bond donors (Lipinski definition) is 0. The average molecular weight is 308 g/mol. The van der Waals surface area contributed by atoms with E-state index >= 15 is 0 Å². The zero-order valence-corrected chi connectivity index (χ0v) is 11.7. The van der Waals surface area contributed by atoms with Gasteiger partial charge in [0.05, 0.1) is 21.3 Å². The zero-order valence-electron chi connectivity index (χ0n) is 10.1. The molecule has 0 bridgehead atoms. The highest BCUT2D eigenvalue weighted by Gasteiger charge is 2.32. The quantitative estimate of drug-likeness (QED) is 0.663. The lowest BCUT2D eigenvalue weighted by molar-refractivity contribution is -0.137. The van der Waals surface area contributed by atoms with Gasteiger partial charge in [-0.2, -0.15) is 13.2 Å². The first-order valence-electron chi connectivity index (χ1n) is 5.43. The van der Waals surface area contributed by atoms with Crippen molar-refractivity contribution < 1.29 is 13.2 Å². The molecule has 2 aromatic rings. The van der Waals surface area contributed by atoms with Crippen molar-refractivity contribution in [2.45, 2.75) is 20.0 Å². The highest BCUT2D eigenvalue weighted by molar-refractivity contribution is 6.37. The van der Waals surface area contributed by atoms with Gasteiger partial charge in [-0.25, -0.2) is 0 Å². The van der Waals surface area contributed by atoms with Crippen molar-refractivity contribution in [2.24, 2.45) is 0 Å². The second-order valence-electron chi connectivity index (χ2n) is 4.24. The Hall–Kier alpha value is -1.13. The molecule has 6 heteroatoms. The molecule has 0 aliphatic rings. The molecule has 0 unspecified atom stereocenters. The highest BCUT2D eigenvalue weighted by atomic mass is 35.5. The van der Waals surface area contributed by atoms with Gasteiger partial charge in [-0.3, -0.25) is 0 Å². The van der Waals surface area contributed by atoms with Crippen LogP contribution in [0.4, 0.5) is 13.2 Å². The number of alkyl halides is 3. The minimum atomic E-state index is -4.47. The molecule has 0 saturated heterocycles. The van der Waals surface area contributed by atoms with Crippen LogP contribution in [0.2, 0.25) is 10.0 Å². The molecule has 0 N–H and O–H groups in total. The third kappa shape index (κ3) is 2.60. The van der Waals surface area contributed by atoms with Crippen molar-refractivity contribution in [1.82, 2.24) is 4.57 Å². The Bertz CT molecular complexity index is 587. The first kappa shape index (κ1) is 14.3. The topological polar surface area (TPSA) is 4.93 Å². The first-order valence-corrected chi connectivity index (χ1v) is 6.19. The Labute approximate surface area is 118 Å². The molecular weight excluding hydrogens is 298 g/mol. The summed E-state index contributed by atoms with van der Waals surface area (Å²) in [6.45, 7) is 3.66. The van der Waals surface area contributed by atoms with Gasteiger partial charge in [-0.05, 0) is 38.1 Å². The van der Waals surface area contributed by atoms with Gasteiger partial charge >= 0.3 is 6.18 Å². The van der Waals surface area contributed by atoms with Crippen molar-refractivity contribution in [3.63, 3.8) is 0 Å². The Morgan fingerprint density at radius 1 is 0.947 bits per heavy atom. The average Bonchev–Trinajstić information content (AvgIpc) is 2.58. The first-order chi connectivity index (χ1) is 8.71. The minimum Gasteiger partial charge on any atom is -0.316 e. The predicted molar refractivity (Wildman–Crippen MR) is 70.3 cm³/mol. The Balaban J connectivity index is 2.68. The molecule has 0 fully saturated rings. The van der Waals surface area contributed by atoms with E-state index in [9.17, 15) is 13.2 Å². The molecule has 0 spiro atoms. The molecule has 0 aliphatic carbocycles. The van der Waals surface area contributed by atoms with E-state index in [1.165, 1.54) is 0 Å². The number of benzene rings is 1. The highest BCUT2D eigenvalue weighted by Crippen LogP contribution is 2.38. The van der Waals surface area contributed by atoms with Crippen LogP contribution in [-0.4, -0.2) is 4.57 Å². The van der Waals surface area contributed by atoms with Gasteiger partial charge in [0.25, 0.3) is 0 Å². The molecule has 1 aromatic carbocycles. The van der Waals surface area contributed by atoms with Gasteiger partial charge in [0.1, 0.15) is 0 Å². The summed E-state index contributed by atoms with van der Waals surface area (Å²) in [5.41, 5.74) is 1.21. The van der Waals surface area contributed by atoms with Crippen molar-refractivity contribution in [3.05, 3.63) is 51.3 Å². The van der Waals surface area contributed by atoms with E-state index in [2.05, 4.69) is 0 Å². The van der Waals surface area contributed by atoms with Crippen LogP contribution >= 0.6 is 23.2 Å². The minimum absolute atomic E-state index is 0.0257. The standard InChI is InChI=1S/C13H10Cl2F3N/c1-7-3-4-8(2)19(7)12-10(14)5-9(6-11(12)15)13(16,17)18/h3-6H,1-2H3. The molecule has 0 saturated carbocycles. The summed E-state index contributed by atoms with van der Waals surface area (Å²) in [5.74, 6) is 0. The van der Waals surface area contributed by atoms with Crippen LogP contribution in [0, 0.1) is 13.8 Å². The number of rotatable bonds is 1. The van der Waals surface area contributed by atoms with E-state index in [0.717, 1.165) is 23.5 Å². The Kier molecular flexibility index (Phi) is 3.58. The maximum atomic E-state index is 12.7. The summed E-state index contributed by atoms with van der Waals surface area (Å²) >= 11 is 11.9. The van der Waals surface area contributed by atoms with E-state index < -0.39 is 11.7 Å². The van der Waals surface area contributed by atoms with Gasteiger partial charge in [0.2, 0.25) is 0 Å². The van der Waals surface area contributed by atoms with Crippen LogP contribution in [-0.2, 0) is 6.18 Å². The number of hydrogen-bond acceptors (Lipinski definition) is 0. The van der Waals surface area contributed by atoms with Gasteiger partial charge in [-0.15, -0.1) is 0 Å². The fourth-order valence-corrected chi connectivity index (χ4v) is 2.62. The van der Waals surface area contributed by atoms with Crippen molar-refractivity contribution in [2.75, 3.05) is 0 Å². The largest absolute Gasteiger partial charge is 0.416 e. The Morgan fingerprint density at radius 3 is 1.74 bits per heavy atom. The van der Waals surface area contributed by atoms with Crippen LogP contribution in [0.15, 0.2) is 24.3 Å². The van der Waals surface area contributed by atoms with Gasteiger partial charge < -0.3 is 4.57 Å². The van der Waals surface area contributed by atoms with Crippen molar-refractivity contribution >= 4 is 23.2 Å². The summed E-state index contributed by atoms with van der Waals surface area (Å²) < 4.78 is 39.7. The second kappa shape index (κ2) is 4.76. The van der Waals surface area contributed by atoms with Crippen LogP contribution < -0.4 is 0 Å². The summed E-state index contributed by atoms with van der Waals surface area (Å²) in [5, 5.41) is -0.0514. The van der Waals surface area contributed by atoms with Gasteiger partial charge in [-0.1, -0.05) is 23.2 Å². The number of aryl methyl sites for hydroxylation is 2. The molecule has 1 heterocycles. The SMILES string of the molecule is Cc1ccc(C)n1-c1c(Cl)cc(C(F)(F)F)cc1Cl. The molecule has 2 rings (SSSR count). The normalized spacial score (nSPS) is 11.9. The maximum Gasteiger partial charge on any atom is 0.416 e. The fraction of sp³-hybridized carbons (Fsp3) is 0.231. The molecule has 19 heavy (non-hydrogen) atoms. The fourth-order valence-electron chi connectivity index (χ4n) is 1.96. The molecule has 102 valence electrons. The summed E-state index contributed by atoms with van der Waals surface area (Å²) in [6, 6.07) is 5.47. The lowest BCUT2D eigenvalue weighted by atomic mass is 10.2. The molecule has 0 atom stereocenters. The summed E-state index contributed by atoms with van der Waals surface area (Å²) in [4.78, 5) is 0. The lowest BCUT2D eigenvalue weighted by Gasteiger charge is -2.16. The lowest BCUT2D eigenvalue weighted by Crippen LogP contribution is -2.07. The van der Waals surface area contributed by atoms with Crippen molar-refractivity contribution in [1.29, 1.82) is 0 Å². The molecule has 0 amide bonds.